The molecule has 6 heteroatoms. The lowest BCUT2D eigenvalue weighted by molar-refractivity contribution is -0.122. The van der Waals surface area contributed by atoms with E-state index in [0.717, 1.165) is 24.4 Å². The summed E-state index contributed by atoms with van der Waals surface area (Å²) in [5.74, 6) is 2.41. The van der Waals surface area contributed by atoms with E-state index in [2.05, 4.69) is 17.6 Å². The van der Waals surface area contributed by atoms with Gasteiger partial charge in [0.1, 0.15) is 6.04 Å². The summed E-state index contributed by atoms with van der Waals surface area (Å²) in [4.78, 5) is 12.5. The SMILES string of the molecule is COc1cc(NC(C)C(=O)NC2CCC(C)CC2)cc(OC)c1OC. The van der Waals surface area contributed by atoms with Crippen LogP contribution in [-0.4, -0.2) is 39.3 Å². The zero-order chi connectivity index (χ0) is 18.4. The van der Waals surface area contributed by atoms with Gasteiger partial charge in [-0.15, -0.1) is 0 Å². The second-order valence-electron chi connectivity index (χ2n) is 6.75. The molecule has 0 aromatic heterocycles. The van der Waals surface area contributed by atoms with Gasteiger partial charge in [0.25, 0.3) is 0 Å². The van der Waals surface area contributed by atoms with E-state index in [9.17, 15) is 4.79 Å². The quantitative estimate of drug-likeness (QED) is 0.790. The highest BCUT2D eigenvalue weighted by molar-refractivity contribution is 5.84. The summed E-state index contributed by atoms with van der Waals surface area (Å²) in [5, 5.41) is 6.36. The van der Waals surface area contributed by atoms with Gasteiger partial charge >= 0.3 is 0 Å². The smallest absolute Gasteiger partial charge is 0.242 e. The third-order valence-electron chi connectivity index (χ3n) is 4.80. The molecule has 0 aliphatic heterocycles. The standard InChI is InChI=1S/C19H30N2O4/c1-12-6-8-14(9-7-12)21-19(22)13(2)20-15-10-16(23-3)18(25-5)17(11-15)24-4/h10-14,20H,6-9H2,1-5H3,(H,21,22). The number of carbonyl (C=O) groups excluding carboxylic acids is 1. The molecule has 140 valence electrons. The van der Waals surface area contributed by atoms with Crippen LogP contribution in [0.4, 0.5) is 5.69 Å². The van der Waals surface area contributed by atoms with Crippen LogP contribution in [0.5, 0.6) is 17.2 Å². The Morgan fingerprint density at radius 3 is 2.08 bits per heavy atom. The zero-order valence-corrected chi connectivity index (χ0v) is 15.8. The van der Waals surface area contributed by atoms with E-state index in [-0.39, 0.29) is 18.0 Å². The molecule has 1 unspecified atom stereocenters. The van der Waals surface area contributed by atoms with E-state index in [1.807, 2.05) is 6.92 Å². The lowest BCUT2D eigenvalue weighted by atomic mass is 9.87. The van der Waals surface area contributed by atoms with Crippen LogP contribution in [0.25, 0.3) is 0 Å². The molecule has 2 N–H and O–H groups in total. The minimum absolute atomic E-state index is 0.00769. The molecule has 0 spiro atoms. The predicted molar refractivity (Wildman–Crippen MR) is 98.7 cm³/mol. The zero-order valence-electron chi connectivity index (χ0n) is 15.8. The van der Waals surface area contributed by atoms with Gasteiger partial charge in [0.2, 0.25) is 11.7 Å². The Morgan fingerprint density at radius 2 is 1.60 bits per heavy atom. The van der Waals surface area contributed by atoms with E-state index < -0.39 is 0 Å². The van der Waals surface area contributed by atoms with Crippen LogP contribution in [0.3, 0.4) is 0 Å². The van der Waals surface area contributed by atoms with E-state index in [0.29, 0.717) is 17.2 Å². The number of rotatable bonds is 7. The van der Waals surface area contributed by atoms with Crippen molar-refractivity contribution in [2.75, 3.05) is 26.6 Å². The van der Waals surface area contributed by atoms with Crippen molar-refractivity contribution in [3.63, 3.8) is 0 Å². The van der Waals surface area contributed by atoms with Crippen molar-refractivity contribution in [3.8, 4) is 17.2 Å². The number of nitrogens with one attached hydrogen (secondary N) is 2. The fraction of sp³-hybridized carbons (Fsp3) is 0.632. The van der Waals surface area contributed by atoms with Crippen molar-refractivity contribution in [1.29, 1.82) is 0 Å². The maximum atomic E-state index is 12.5. The number of anilines is 1. The summed E-state index contributed by atoms with van der Waals surface area (Å²) in [7, 11) is 4.71. The molecule has 0 saturated heterocycles. The number of carbonyl (C=O) groups is 1. The Kier molecular flexibility index (Phi) is 6.79. The van der Waals surface area contributed by atoms with E-state index in [1.165, 1.54) is 12.8 Å². The van der Waals surface area contributed by atoms with Crippen LogP contribution in [0, 0.1) is 5.92 Å². The summed E-state index contributed by atoms with van der Waals surface area (Å²) < 4.78 is 16.0. The van der Waals surface area contributed by atoms with Crippen molar-refractivity contribution >= 4 is 11.6 Å². The third kappa shape index (κ3) is 4.94. The molecule has 6 nitrogen and oxygen atoms in total. The van der Waals surface area contributed by atoms with Gasteiger partial charge in [-0.2, -0.15) is 0 Å². The van der Waals surface area contributed by atoms with Crippen LogP contribution < -0.4 is 24.8 Å². The fourth-order valence-corrected chi connectivity index (χ4v) is 3.21. The summed E-state index contributed by atoms with van der Waals surface area (Å²) in [6.07, 6.45) is 4.48. The van der Waals surface area contributed by atoms with Crippen LogP contribution in [0.2, 0.25) is 0 Å². The average Bonchev–Trinajstić information content (AvgIpc) is 2.62. The van der Waals surface area contributed by atoms with Crippen molar-refractivity contribution < 1.29 is 19.0 Å². The molecule has 2 rings (SSSR count). The molecule has 1 aromatic rings. The fourth-order valence-electron chi connectivity index (χ4n) is 3.21. The monoisotopic (exact) mass is 350 g/mol. The lowest BCUT2D eigenvalue weighted by Crippen LogP contribution is -2.44. The highest BCUT2D eigenvalue weighted by Gasteiger charge is 2.22. The number of hydrogen-bond acceptors (Lipinski definition) is 5. The van der Waals surface area contributed by atoms with E-state index in [4.69, 9.17) is 14.2 Å². The maximum absolute atomic E-state index is 12.5. The molecule has 1 fully saturated rings. The van der Waals surface area contributed by atoms with E-state index in [1.54, 1.807) is 33.5 Å². The lowest BCUT2D eigenvalue weighted by Gasteiger charge is -2.28. The van der Waals surface area contributed by atoms with Gasteiger partial charge < -0.3 is 24.8 Å². The molecule has 0 radical (unpaired) electrons. The molecule has 1 aromatic carbocycles. The Balaban J connectivity index is 2.01. The van der Waals surface area contributed by atoms with Gasteiger partial charge in [-0.05, 0) is 38.5 Å². The second kappa shape index (κ2) is 8.83. The Hall–Kier alpha value is -2.11. The Bertz CT molecular complexity index is 558. The van der Waals surface area contributed by atoms with Crippen LogP contribution in [0.15, 0.2) is 12.1 Å². The van der Waals surface area contributed by atoms with Gasteiger partial charge in [0.05, 0.1) is 21.3 Å². The summed E-state index contributed by atoms with van der Waals surface area (Å²) in [6, 6.07) is 3.52. The summed E-state index contributed by atoms with van der Waals surface area (Å²) >= 11 is 0. The van der Waals surface area contributed by atoms with Gasteiger partial charge in [-0.3, -0.25) is 4.79 Å². The highest BCUT2D eigenvalue weighted by Crippen LogP contribution is 2.40. The molecular weight excluding hydrogens is 320 g/mol. The van der Waals surface area contributed by atoms with Gasteiger partial charge in [-0.1, -0.05) is 6.92 Å². The molecule has 1 aliphatic rings. The number of amides is 1. The minimum Gasteiger partial charge on any atom is -0.493 e. The van der Waals surface area contributed by atoms with Crippen molar-refractivity contribution in [2.45, 2.75) is 51.6 Å². The Morgan fingerprint density at radius 1 is 1.04 bits per heavy atom. The van der Waals surface area contributed by atoms with Crippen molar-refractivity contribution in [2.24, 2.45) is 5.92 Å². The summed E-state index contributed by atoms with van der Waals surface area (Å²) in [6.45, 7) is 4.12. The minimum atomic E-state index is -0.359. The molecule has 1 saturated carbocycles. The summed E-state index contributed by atoms with van der Waals surface area (Å²) in [5.41, 5.74) is 0.745. The first-order chi connectivity index (χ1) is 12.0. The first kappa shape index (κ1) is 19.2. The van der Waals surface area contributed by atoms with Crippen LogP contribution >= 0.6 is 0 Å². The van der Waals surface area contributed by atoms with Crippen molar-refractivity contribution in [1.82, 2.24) is 5.32 Å². The normalized spacial score (nSPS) is 21.2. The van der Waals surface area contributed by atoms with Gasteiger partial charge in [0.15, 0.2) is 11.5 Å². The first-order valence-electron chi connectivity index (χ1n) is 8.85. The van der Waals surface area contributed by atoms with Crippen LogP contribution in [-0.2, 0) is 4.79 Å². The molecule has 0 bridgehead atoms. The second-order valence-corrected chi connectivity index (χ2v) is 6.75. The number of methoxy groups -OCH3 is 3. The first-order valence-corrected chi connectivity index (χ1v) is 8.85. The maximum Gasteiger partial charge on any atom is 0.242 e. The Labute approximate surface area is 150 Å². The highest BCUT2D eigenvalue weighted by atomic mass is 16.5. The molecule has 1 aliphatic carbocycles. The van der Waals surface area contributed by atoms with Gasteiger partial charge in [-0.25, -0.2) is 0 Å². The van der Waals surface area contributed by atoms with Gasteiger partial charge in [0, 0.05) is 23.9 Å². The van der Waals surface area contributed by atoms with E-state index >= 15 is 0 Å². The molecule has 0 heterocycles. The number of ether oxygens (including phenoxy) is 3. The molecular formula is C19H30N2O4. The largest absolute Gasteiger partial charge is 0.493 e. The van der Waals surface area contributed by atoms with Crippen LogP contribution in [0.1, 0.15) is 39.5 Å². The number of hydrogen-bond donors (Lipinski definition) is 2. The third-order valence-corrected chi connectivity index (χ3v) is 4.80. The average molecular weight is 350 g/mol. The molecule has 1 atom stereocenters. The van der Waals surface area contributed by atoms with Crippen molar-refractivity contribution in [3.05, 3.63) is 12.1 Å². The molecule has 1 amide bonds. The predicted octanol–water partition coefficient (Wildman–Crippen LogP) is 3.21. The number of benzene rings is 1. The molecule has 25 heavy (non-hydrogen) atoms. The topological polar surface area (TPSA) is 68.8 Å².